The molecule has 5 rings (SSSR count). The van der Waals surface area contributed by atoms with Gasteiger partial charge in [0, 0.05) is 6.20 Å². The number of rotatable bonds is 1. The maximum absolute atomic E-state index is 2.25. The minimum Gasteiger partial charge on any atom is -1.00 e. The number of hydrogen-bond donors (Lipinski definition) is 0. The van der Waals surface area contributed by atoms with Crippen LogP contribution in [0.1, 0.15) is 5.56 Å². The van der Waals surface area contributed by atoms with E-state index in [2.05, 4.69) is 96.6 Å². The van der Waals surface area contributed by atoms with Crippen molar-refractivity contribution in [2.24, 2.45) is 0 Å². The van der Waals surface area contributed by atoms with Crippen LogP contribution in [-0.2, 0) is 21.7 Å². The average molecular weight is 428 g/mol. The number of aromatic nitrogens is 1. The molecule has 27 heavy (non-hydrogen) atoms. The maximum atomic E-state index is 2.25. The van der Waals surface area contributed by atoms with Gasteiger partial charge in [0.15, 0.2) is 0 Å². The standard InChI is InChI=1S/C17H12N.C6H7.2ClH.Ti/c1-2-7-15-12-16(11-14(15)6-1)18-10-9-13-5-3-4-8-17(13)18;1-6-4-2-3-5-6;;;/h1-12H;2-5H,1H3;2*1H;/q2*-1;;;+4/p-2. The Bertz CT molecular complexity index is 1040. The Hall–Kier alpha value is -1.77. The van der Waals surface area contributed by atoms with E-state index in [0.29, 0.717) is 0 Å². The molecule has 0 amide bonds. The summed E-state index contributed by atoms with van der Waals surface area (Å²) < 4.78 is 2.25. The fourth-order valence-electron chi connectivity index (χ4n) is 3.05. The first-order valence-corrected chi connectivity index (χ1v) is 8.21. The van der Waals surface area contributed by atoms with E-state index in [9.17, 15) is 0 Å². The largest absolute Gasteiger partial charge is 4.00 e. The molecular formula is C23H19Cl2NTi. The second kappa shape index (κ2) is 10.5. The Morgan fingerprint density at radius 2 is 1.41 bits per heavy atom. The monoisotopic (exact) mass is 427 g/mol. The molecular weight excluding hydrogens is 409 g/mol. The molecule has 0 aliphatic rings. The van der Waals surface area contributed by atoms with Crippen molar-refractivity contribution in [1.82, 2.24) is 4.57 Å². The third-order valence-corrected chi connectivity index (χ3v) is 4.31. The molecule has 1 aromatic heterocycles. The van der Waals surface area contributed by atoms with Crippen molar-refractivity contribution >= 4 is 21.7 Å². The van der Waals surface area contributed by atoms with Crippen LogP contribution in [0.5, 0.6) is 0 Å². The van der Waals surface area contributed by atoms with Crippen LogP contribution in [-0.4, -0.2) is 4.57 Å². The molecule has 1 heterocycles. The van der Waals surface area contributed by atoms with Crippen molar-refractivity contribution in [3.8, 4) is 5.69 Å². The fourth-order valence-corrected chi connectivity index (χ4v) is 3.05. The Balaban J connectivity index is 0.000000354. The molecule has 0 saturated carbocycles. The number of hydrogen-bond acceptors (Lipinski definition) is 0. The Kier molecular flexibility index (Phi) is 9.08. The number of aryl methyl sites for hydroxylation is 1. The first-order chi connectivity index (χ1) is 11.8. The normalized spacial score (nSPS) is 9.52. The Labute approximate surface area is 187 Å². The summed E-state index contributed by atoms with van der Waals surface area (Å²) in [5.41, 5.74) is 3.83. The first-order valence-electron chi connectivity index (χ1n) is 8.21. The molecule has 0 atom stereocenters. The molecule has 0 aliphatic heterocycles. The first kappa shape index (κ1) is 23.3. The molecule has 0 saturated heterocycles. The van der Waals surface area contributed by atoms with Gasteiger partial charge in [-0.2, -0.15) is 17.7 Å². The summed E-state index contributed by atoms with van der Waals surface area (Å²) in [6.45, 7) is 2.08. The third-order valence-electron chi connectivity index (χ3n) is 4.31. The molecule has 4 heteroatoms. The molecule has 1 nitrogen and oxygen atoms in total. The van der Waals surface area contributed by atoms with Gasteiger partial charge in [-0.1, -0.05) is 31.2 Å². The van der Waals surface area contributed by atoms with Gasteiger partial charge in [0.2, 0.25) is 0 Å². The molecule has 134 valence electrons. The van der Waals surface area contributed by atoms with Gasteiger partial charge in [0.1, 0.15) is 0 Å². The van der Waals surface area contributed by atoms with Crippen LogP contribution in [0.3, 0.4) is 0 Å². The van der Waals surface area contributed by atoms with Crippen LogP contribution >= 0.6 is 0 Å². The summed E-state index contributed by atoms with van der Waals surface area (Å²) in [7, 11) is 0. The minimum atomic E-state index is 0. The number of para-hydroxylation sites is 1. The SMILES string of the molecule is C[c-]1cccc1.[Cl-].[Cl-].[Ti+4].c1ccc2[cH-]c(-n3ccc4ccccc43)cc2c1. The zero-order valence-corrected chi connectivity index (χ0v) is 18.0. The predicted octanol–water partition coefficient (Wildman–Crippen LogP) is 0.222. The Morgan fingerprint density at radius 1 is 0.778 bits per heavy atom. The van der Waals surface area contributed by atoms with Crippen LogP contribution < -0.4 is 24.8 Å². The summed E-state index contributed by atoms with van der Waals surface area (Å²) in [6, 6.07) is 31.8. The van der Waals surface area contributed by atoms with E-state index in [0.717, 1.165) is 0 Å². The van der Waals surface area contributed by atoms with Crippen LogP contribution in [0.2, 0.25) is 0 Å². The molecule has 0 radical (unpaired) electrons. The summed E-state index contributed by atoms with van der Waals surface area (Å²) in [5.74, 6) is 0. The molecule has 4 aromatic carbocycles. The predicted molar refractivity (Wildman–Crippen MR) is 103 cm³/mol. The van der Waals surface area contributed by atoms with Crippen molar-refractivity contribution in [1.29, 1.82) is 0 Å². The van der Waals surface area contributed by atoms with Gasteiger partial charge in [-0.25, -0.2) is 12.1 Å². The van der Waals surface area contributed by atoms with Crippen molar-refractivity contribution in [2.45, 2.75) is 6.92 Å². The third kappa shape index (κ3) is 5.15. The number of benzene rings is 2. The summed E-state index contributed by atoms with van der Waals surface area (Å²) in [6.07, 6.45) is 2.14. The van der Waals surface area contributed by atoms with Gasteiger partial charge in [0.05, 0.1) is 5.52 Å². The number of halogens is 2. The fraction of sp³-hybridized carbons (Fsp3) is 0.0435. The van der Waals surface area contributed by atoms with Crippen molar-refractivity contribution in [2.75, 3.05) is 0 Å². The van der Waals surface area contributed by atoms with Crippen molar-refractivity contribution < 1.29 is 46.5 Å². The average Bonchev–Trinajstić information content (AvgIpc) is 3.33. The van der Waals surface area contributed by atoms with Gasteiger partial charge < -0.3 is 29.4 Å². The second-order valence-electron chi connectivity index (χ2n) is 6.05. The topological polar surface area (TPSA) is 4.93 Å². The number of fused-ring (bicyclic) bond motifs is 2. The van der Waals surface area contributed by atoms with E-state index in [-0.39, 0.29) is 46.5 Å². The molecule has 0 spiro atoms. The van der Waals surface area contributed by atoms with E-state index in [1.54, 1.807) is 0 Å². The van der Waals surface area contributed by atoms with Crippen molar-refractivity contribution in [3.05, 3.63) is 103 Å². The van der Waals surface area contributed by atoms with Gasteiger partial charge >= 0.3 is 21.7 Å². The number of nitrogens with zero attached hydrogens (tertiary/aromatic N) is 1. The summed E-state index contributed by atoms with van der Waals surface area (Å²) >= 11 is 0. The Morgan fingerprint density at radius 3 is 2.04 bits per heavy atom. The molecule has 0 N–H and O–H groups in total. The summed E-state index contributed by atoms with van der Waals surface area (Å²) in [4.78, 5) is 0. The van der Waals surface area contributed by atoms with E-state index in [1.165, 1.54) is 32.9 Å². The minimum absolute atomic E-state index is 0. The van der Waals surface area contributed by atoms with E-state index >= 15 is 0 Å². The van der Waals surface area contributed by atoms with Gasteiger partial charge in [-0.15, -0.1) is 41.1 Å². The molecule has 0 bridgehead atoms. The summed E-state index contributed by atoms with van der Waals surface area (Å²) in [5, 5.41) is 3.87. The molecule has 0 unspecified atom stereocenters. The molecule has 0 fully saturated rings. The smallest absolute Gasteiger partial charge is 1.00 e. The van der Waals surface area contributed by atoms with Crippen LogP contribution in [0, 0.1) is 6.92 Å². The van der Waals surface area contributed by atoms with Gasteiger partial charge in [-0.05, 0) is 23.2 Å². The van der Waals surface area contributed by atoms with E-state index in [4.69, 9.17) is 0 Å². The molecule has 5 aromatic rings. The quantitative estimate of drug-likeness (QED) is 0.266. The van der Waals surface area contributed by atoms with Crippen LogP contribution in [0.4, 0.5) is 0 Å². The second-order valence-corrected chi connectivity index (χ2v) is 6.05. The van der Waals surface area contributed by atoms with E-state index in [1.807, 2.05) is 12.1 Å². The van der Waals surface area contributed by atoms with Gasteiger partial charge in [0.25, 0.3) is 0 Å². The van der Waals surface area contributed by atoms with Gasteiger partial charge in [-0.3, -0.25) is 0 Å². The zero-order chi connectivity index (χ0) is 16.4. The maximum Gasteiger partial charge on any atom is 4.00 e. The van der Waals surface area contributed by atoms with E-state index < -0.39 is 0 Å². The molecule has 0 aliphatic carbocycles. The van der Waals surface area contributed by atoms with Crippen LogP contribution in [0.25, 0.3) is 27.4 Å². The van der Waals surface area contributed by atoms with Crippen molar-refractivity contribution in [3.63, 3.8) is 0 Å². The van der Waals surface area contributed by atoms with Crippen LogP contribution in [0.15, 0.2) is 97.2 Å². The zero-order valence-electron chi connectivity index (χ0n) is 14.9.